The normalized spacial score (nSPS) is 14.9. The lowest BCUT2D eigenvalue weighted by molar-refractivity contribution is -0.138. The van der Waals surface area contributed by atoms with Crippen LogP contribution in [0.5, 0.6) is 0 Å². The Bertz CT molecular complexity index is 336. The highest BCUT2D eigenvalue weighted by Crippen LogP contribution is 2.25. The van der Waals surface area contributed by atoms with Crippen molar-refractivity contribution in [1.29, 1.82) is 0 Å². The number of carbonyl (C=O) groups is 1. The van der Waals surface area contributed by atoms with E-state index in [1.807, 2.05) is 6.92 Å². The van der Waals surface area contributed by atoms with Gasteiger partial charge in [0.05, 0.1) is 5.69 Å². The number of ether oxygens (including phenoxy) is 1. The fourth-order valence-corrected chi connectivity index (χ4v) is 2.17. The van der Waals surface area contributed by atoms with Crippen LogP contribution in [0.4, 0.5) is 0 Å². The molecular weight excluding hydrogens is 216 g/mol. The van der Waals surface area contributed by atoms with Gasteiger partial charge in [-0.05, 0) is 6.42 Å². The van der Waals surface area contributed by atoms with E-state index in [0.717, 1.165) is 11.4 Å². The largest absolute Gasteiger partial charge is 0.480 e. The maximum atomic E-state index is 10.6. The minimum Gasteiger partial charge on any atom is -0.480 e. The summed E-state index contributed by atoms with van der Waals surface area (Å²) in [7, 11) is 1.60. The number of aromatic nitrogens is 1. The van der Waals surface area contributed by atoms with Crippen molar-refractivity contribution in [2.24, 2.45) is 5.73 Å². The number of rotatable bonds is 5. The predicted molar refractivity (Wildman–Crippen MR) is 56.7 cm³/mol. The quantitative estimate of drug-likeness (QED) is 0.797. The Morgan fingerprint density at radius 1 is 1.80 bits per heavy atom. The molecule has 0 spiro atoms. The van der Waals surface area contributed by atoms with Gasteiger partial charge in [-0.2, -0.15) is 0 Å². The Kier molecular flexibility index (Phi) is 4.19. The van der Waals surface area contributed by atoms with Crippen LogP contribution in [-0.2, 0) is 9.53 Å². The average Bonchev–Trinajstić information content (AvgIpc) is 2.67. The van der Waals surface area contributed by atoms with Crippen LogP contribution in [0.3, 0.4) is 0 Å². The first-order chi connectivity index (χ1) is 7.10. The van der Waals surface area contributed by atoms with Gasteiger partial charge in [0.2, 0.25) is 0 Å². The number of hydrogen-bond donors (Lipinski definition) is 2. The highest BCUT2D eigenvalue weighted by molar-refractivity contribution is 7.09. The lowest BCUT2D eigenvalue weighted by atomic mass is 10.2. The van der Waals surface area contributed by atoms with E-state index >= 15 is 0 Å². The molecule has 2 atom stereocenters. The summed E-state index contributed by atoms with van der Waals surface area (Å²) in [6.07, 6.45) is 0.718. The minimum absolute atomic E-state index is 0.0789. The van der Waals surface area contributed by atoms with Gasteiger partial charge in [0, 0.05) is 12.5 Å². The van der Waals surface area contributed by atoms with E-state index in [1.165, 1.54) is 11.3 Å². The second-order valence-corrected chi connectivity index (χ2v) is 3.95. The zero-order valence-corrected chi connectivity index (χ0v) is 9.45. The zero-order valence-electron chi connectivity index (χ0n) is 8.64. The number of thiazole rings is 1. The van der Waals surface area contributed by atoms with Crippen molar-refractivity contribution in [1.82, 2.24) is 4.98 Å². The van der Waals surface area contributed by atoms with Crippen LogP contribution in [0.25, 0.3) is 0 Å². The number of aliphatic carboxylic acids is 1. The Labute approximate surface area is 91.9 Å². The predicted octanol–water partition coefficient (Wildman–Crippen LogP) is 1.32. The van der Waals surface area contributed by atoms with E-state index in [1.54, 1.807) is 12.5 Å². The summed E-state index contributed by atoms with van der Waals surface area (Å²) in [5, 5.41) is 11.1. The lowest BCUT2D eigenvalue weighted by Gasteiger charge is -2.08. The minimum atomic E-state index is -1.07. The lowest BCUT2D eigenvalue weighted by Crippen LogP contribution is -2.21. The van der Waals surface area contributed by atoms with Crippen LogP contribution in [-0.4, -0.2) is 23.2 Å². The van der Waals surface area contributed by atoms with Gasteiger partial charge in [0.15, 0.2) is 0 Å². The average molecular weight is 230 g/mol. The number of methoxy groups -OCH3 is 1. The number of carboxylic acids is 1. The van der Waals surface area contributed by atoms with Crippen molar-refractivity contribution in [3.05, 3.63) is 16.1 Å². The molecule has 6 heteroatoms. The molecule has 5 nitrogen and oxygen atoms in total. The Morgan fingerprint density at radius 3 is 2.93 bits per heavy atom. The van der Waals surface area contributed by atoms with Gasteiger partial charge in [-0.15, -0.1) is 11.3 Å². The third-order valence-electron chi connectivity index (χ3n) is 2.06. The summed E-state index contributed by atoms with van der Waals surface area (Å²) >= 11 is 1.37. The van der Waals surface area contributed by atoms with Gasteiger partial charge < -0.3 is 15.6 Å². The Balaban J connectivity index is 2.84. The molecule has 0 aliphatic rings. The second-order valence-electron chi connectivity index (χ2n) is 3.06. The molecule has 1 aromatic rings. The van der Waals surface area contributed by atoms with Gasteiger partial charge in [0.25, 0.3) is 0 Å². The standard InChI is InChI=1S/C9H14N2O3S/c1-3-6(14-2)8-11-5(4-15-8)7(10)9(12)13/h4,6-7H,3,10H2,1-2H3,(H,12,13). The molecule has 3 N–H and O–H groups in total. The highest BCUT2D eigenvalue weighted by Gasteiger charge is 2.20. The molecule has 84 valence electrons. The van der Waals surface area contributed by atoms with Gasteiger partial charge in [-0.1, -0.05) is 6.92 Å². The van der Waals surface area contributed by atoms with Crippen LogP contribution in [0, 0.1) is 0 Å². The van der Waals surface area contributed by atoms with Crippen molar-refractivity contribution in [2.45, 2.75) is 25.5 Å². The van der Waals surface area contributed by atoms with Crippen LogP contribution in [0.1, 0.15) is 36.2 Å². The van der Waals surface area contributed by atoms with Gasteiger partial charge in [-0.3, -0.25) is 4.79 Å². The fraction of sp³-hybridized carbons (Fsp3) is 0.556. The van der Waals surface area contributed by atoms with E-state index in [9.17, 15) is 4.79 Å². The van der Waals surface area contributed by atoms with E-state index < -0.39 is 12.0 Å². The molecule has 0 fully saturated rings. The topological polar surface area (TPSA) is 85.4 Å². The van der Waals surface area contributed by atoms with E-state index in [2.05, 4.69) is 4.98 Å². The number of hydrogen-bond acceptors (Lipinski definition) is 5. The number of nitrogens with zero attached hydrogens (tertiary/aromatic N) is 1. The number of carboxylic acid groups (broad SMARTS) is 1. The summed E-state index contributed by atoms with van der Waals surface area (Å²) in [6.45, 7) is 1.98. The molecule has 0 amide bonds. The van der Waals surface area contributed by atoms with Crippen LogP contribution in [0.2, 0.25) is 0 Å². The van der Waals surface area contributed by atoms with Crippen molar-refractivity contribution < 1.29 is 14.6 Å². The Morgan fingerprint density at radius 2 is 2.47 bits per heavy atom. The first kappa shape index (κ1) is 12.1. The van der Waals surface area contributed by atoms with E-state index in [4.69, 9.17) is 15.6 Å². The third-order valence-corrected chi connectivity index (χ3v) is 3.01. The summed E-state index contributed by atoms with van der Waals surface area (Å²) < 4.78 is 5.20. The highest BCUT2D eigenvalue weighted by atomic mass is 32.1. The number of nitrogens with two attached hydrogens (primary N) is 1. The van der Waals surface area contributed by atoms with Crippen LogP contribution in [0.15, 0.2) is 5.38 Å². The van der Waals surface area contributed by atoms with E-state index in [0.29, 0.717) is 5.69 Å². The maximum Gasteiger partial charge on any atom is 0.326 e. The van der Waals surface area contributed by atoms with Crippen LogP contribution >= 0.6 is 11.3 Å². The Hall–Kier alpha value is -0.980. The van der Waals surface area contributed by atoms with Crippen molar-refractivity contribution in [3.63, 3.8) is 0 Å². The molecule has 0 saturated carbocycles. The smallest absolute Gasteiger partial charge is 0.326 e. The zero-order chi connectivity index (χ0) is 11.4. The second kappa shape index (κ2) is 5.20. The molecule has 2 unspecified atom stereocenters. The van der Waals surface area contributed by atoms with Gasteiger partial charge >= 0.3 is 5.97 Å². The molecule has 0 saturated heterocycles. The summed E-state index contributed by atoms with van der Waals surface area (Å²) in [5.41, 5.74) is 5.83. The molecule has 15 heavy (non-hydrogen) atoms. The van der Waals surface area contributed by atoms with Gasteiger partial charge in [0.1, 0.15) is 17.2 Å². The molecule has 0 aliphatic heterocycles. The first-order valence-electron chi connectivity index (χ1n) is 4.56. The summed E-state index contributed by atoms with van der Waals surface area (Å²) in [5.74, 6) is -1.07. The van der Waals surface area contributed by atoms with E-state index in [-0.39, 0.29) is 6.10 Å². The molecule has 0 aromatic carbocycles. The molecule has 1 aromatic heterocycles. The van der Waals surface area contributed by atoms with Crippen molar-refractivity contribution in [3.8, 4) is 0 Å². The molecular formula is C9H14N2O3S. The fourth-order valence-electron chi connectivity index (χ4n) is 1.16. The molecule has 0 aliphatic carbocycles. The molecule has 1 heterocycles. The van der Waals surface area contributed by atoms with Gasteiger partial charge in [-0.25, -0.2) is 4.98 Å². The first-order valence-corrected chi connectivity index (χ1v) is 5.44. The molecule has 1 rings (SSSR count). The summed E-state index contributed by atoms with van der Waals surface area (Å²) in [4.78, 5) is 14.8. The van der Waals surface area contributed by atoms with Crippen molar-refractivity contribution in [2.75, 3.05) is 7.11 Å². The van der Waals surface area contributed by atoms with Crippen molar-refractivity contribution >= 4 is 17.3 Å². The summed E-state index contributed by atoms with van der Waals surface area (Å²) in [6, 6.07) is -1.05. The monoisotopic (exact) mass is 230 g/mol. The maximum absolute atomic E-state index is 10.6. The SMILES string of the molecule is CCC(OC)c1nc(C(N)C(=O)O)cs1. The third kappa shape index (κ3) is 2.74. The molecule has 0 bridgehead atoms. The molecule has 0 radical (unpaired) electrons. The van der Waals surface area contributed by atoms with Crippen LogP contribution < -0.4 is 5.73 Å².